The van der Waals surface area contributed by atoms with Gasteiger partial charge in [-0.1, -0.05) is 31.2 Å². The van der Waals surface area contributed by atoms with Crippen molar-refractivity contribution >= 4 is 5.69 Å². The molecule has 0 aliphatic carbocycles. The third kappa shape index (κ3) is 4.45. The van der Waals surface area contributed by atoms with Crippen LogP contribution in [0.1, 0.15) is 25.5 Å². The van der Waals surface area contributed by atoms with Crippen LogP contribution < -0.4 is 4.74 Å². The monoisotopic (exact) mass is 330 g/mol. The first-order valence-electron chi connectivity index (χ1n) is 7.92. The molecule has 0 aromatic heterocycles. The molecule has 0 unspecified atom stereocenters. The molecular formula is C18H22N2O4. The molecular weight excluding hydrogens is 308 g/mol. The molecule has 0 fully saturated rings. The molecule has 2 aromatic carbocycles. The number of nitro groups is 1. The van der Waals surface area contributed by atoms with Crippen LogP contribution in [0.25, 0.3) is 0 Å². The summed E-state index contributed by atoms with van der Waals surface area (Å²) in [7, 11) is 0. The van der Waals surface area contributed by atoms with E-state index in [-0.39, 0.29) is 23.2 Å². The fraction of sp³-hybridized carbons (Fsp3) is 0.333. The van der Waals surface area contributed by atoms with Crippen molar-refractivity contribution in [3.05, 3.63) is 64.2 Å². The number of hydrogen-bond donors (Lipinski definition) is 1. The van der Waals surface area contributed by atoms with Crippen molar-refractivity contribution in [1.29, 1.82) is 0 Å². The number of ether oxygens (including phenoxy) is 1. The Balaban J connectivity index is 1.98. The van der Waals surface area contributed by atoms with Crippen LogP contribution in [0.2, 0.25) is 0 Å². The largest absolute Gasteiger partial charge is 0.508 e. The molecule has 1 atom stereocenters. The van der Waals surface area contributed by atoms with E-state index >= 15 is 0 Å². The Kier molecular flexibility index (Phi) is 6.14. The van der Waals surface area contributed by atoms with E-state index in [1.54, 1.807) is 30.3 Å². The zero-order valence-corrected chi connectivity index (χ0v) is 13.9. The van der Waals surface area contributed by atoms with Crippen molar-refractivity contribution in [2.45, 2.75) is 19.9 Å². The molecule has 6 heteroatoms. The number of benzene rings is 2. The van der Waals surface area contributed by atoms with Crippen LogP contribution in [0, 0.1) is 10.1 Å². The molecule has 1 N–H and O–H groups in total. The van der Waals surface area contributed by atoms with Gasteiger partial charge in [-0.25, -0.2) is 0 Å². The van der Waals surface area contributed by atoms with E-state index in [4.69, 9.17) is 4.74 Å². The summed E-state index contributed by atoms with van der Waals surface area (Å²) in [5.74, 6) is 0.523. The van der Waals surface area contributed by atoms with Crippen LogP contribution in [0.15, 0.2) is 48.5 Å². The van der Waals surface area contributed by atoms with Gasteiger partial charge in [0.2, 0.25) is 0 Å². The van der Waals surface area contributed by atoms with Gasteiger partial charge in [0.15, 0.2) is 5.75 Å². The maximum Gasteiger partial charge on any atom is 0.310 e. The van der Waals surface area contributed by atoms with E-state index in [2.05, 4.69) is 11.8 Å². The Hall–Kier alpha value is -2.60. The number of phenols is 1. The third-order valence-electron chi connectivity index (χ3n) is 4.00. The van der Waals surface area contributed by atoms with Crippen LogP contribution in [0.3, 0.4) is 0 Å². The third-order valence-corrected chi connectivity index (χ3v) is 4.00. The Morgan fingerprint density at radius 1 is 1.25 bits per heavy atom. The van der Waals surface area contributed by atoms with Gasteiger partial charge in [0.25, 0.3) is 0 Å². The van der Waals surface area contributed by atoms with Crippen molar-refractivity contribution in [2.75, 3.05) is 19.7 Å². The van der Waals surface area contributed by atoms with Crippen molar-refractivity contribution in [3.8, 4) is 11.5 Å². The minimum atomic E-state index is -0.442. The lowest BCUT2D eigenvalue weighted by Gasteiger charge is -2.28. The van der Waals surface area contributed by atoms with E-state index in [0.29, 0.717) is 13.2 Å². The summed E-state index contributed by atoms with van der Waals surface area (Å²) >= 11 is 0. The van der Waals surface area contributed by atoms with Crippen molar-refractivity contribution in [2.24, 2.45) is 0 Å². The SMILES string of the molecule is CCN(CCOc1ccccc1[N+](=O)[O-])[C@@H](C)c1cccc(O)c1. The summed E-state index contributed by atoms with van der Waals surface area (Å²) in [6, 6.07) is 13.7. The highest BCUT2D eigenvalue weighted by Gasteiger charge is 2.17. The lowest BCUT2D eigenvalue weighted by molar-refractivity contribution is -0.385. The van der Waals surface area contributed by atoms with E-state index in [0.717, 1.165) is 12.1 Å². The van der Waals surface area contributed by atoms with Crippen LogP contribution in [0.5, 0.6) is 11.5 Å². The fourth-order valence-electron chi connectivity index (χ4n) is 2.62. The standard InChI is InChI=1S/C18H22N2O4/c1-3-19(14(2)15-7-6-8-16(21)13-15)11-12-24-18-10-5-4-9-17(18)20(22)23/h4-10,13-14,21H,3,11-12H2,1-2H3/t14-/m0/s1. The van der Waals surface area contributed by atoms with Gasteiger partial charge in [0.05, 0.1) is 4.92 Å². The average molecular weight is 330 g/mol. The van der Waals surface area contributed by atoms with E-state index in [1.807, 2.05) is 19.1 Å². The van der Waals surface area contributed by atoms with Crippen LogP contribution in [0.4, 0.5) is 5.69 Å². The first-order valence-corrected chi connectivity index (χ1v) is 7.92. The number of para-hydroxylation sites is 2. The molecule has 0 saturated carbocycles. The second kappa shape index (κ2) is 8.31. The molecule has 6 nitrogen and oxygen atoms in total. The molecule has 24 heavy (non-hydrogen) atoms. The zero-order chi connectivity index (χ0) is 17.5. The van der Waals surface area contributed by atoms with E-state index in [9.17, 15) is 15.2 Å². The number of aromatic hydroxyl groups is 1. The van der Waals surface area contributed by atoms with Gasteiger partial charge < -0.3 is 9.84 Å². The number of nitro benzene ring substituents is 1. The van der Waals surface area contributed by atoms with Gasteiger partial charge in [0.1, 0.15) is 12.4 Å². The summed E-state index contributed by atoms with van der Waals surface area (Å²) < 4.78 is 5.61. The summed E-state index contributed by atoms with van der Waals surface area (Å²) in [6.07, 6.45) is 0. The molecule has 0 heterocycles. The molecule has 0 spiro atoms. The Labute approximate surface area is 141 Å². The van der Waals surface area contributed by atoms with Crippen molar-refractivity contribution in [3.63, 3.8) is 0 Å². The lowest BCUT2D eigenvalue weighted by atomic mass is 10.1. The predicted molar refractivity (Wildman–Crippen MR) is 92.4 cm³/mol. The van der Waals surface area contributed by atoms with Crippen molar-refractivity contribution < 1.29 is 14.8 Å². The molecule has 2 aromatic rings. The topological polar surface area (TPSA) is 75.8 Å². The molecule has 0 aliphatic heterocycles. The first-order chi connectivity index (χ1) is 11.5. The van der Waals surface area contributed by atoms with Crippen LogP contribution >= 0.6 is 0 Å². The van der Waals surface area contributed by atoms with E-state index in [1.165, 1.54) is 6.07 Å². The number of phenolic OH excluding ortho intramolecular Hbond substituents is 1. The molecule has 0 saturated heterocycles. The molecule has 0 aliphatic rings. The summed E-state index contributed by atoms with van der Waals surface area (Å²) in [5.41, 5.74) is 0.990. The maximum atomic E-state index is 11.0. The number of hydrogen-bond acceptors (Lipinski definition) is 5. The molecule has 2 rings (SSSR count). The molecule has 0 amide bonds. The van der Waals surface area contributed by atoms with Gasteiger partial charge in [-0.3, -0.25) is 15.0 Å². The summed E-state index contributed by atoms with van der Waals surface area (Å²) in [6.45, 7) is 5.88. The minimum Gasteiger partial charge on any atom is -0.508 e. The highest BCUT2D eigenvalue weighted by Crippen LogP contribution is 2.26. The Morgan fingerprint density at radius 2 is 2.00 bits per heavy atom. The molecule has 0 radical (unpaired) electrons. The summed E-state index contributed by atoms with van der Waals surface area (Å²) in [4.78, 5) is 12.7. The zero-order valence-electron chi connectivity index (χ0n) is 13.9. The van der Waals surface area contributed by atoms with Gasteiger partial charge >= 0.3 is 5.69 Å². The summed E-state index contributed by atoms with van der Waals surface area (Å²) in [5, 5.41) is 20.6. The molecule has 128 valence electrons. The van der Waals surface area contributed by atoms with Gasteiger partial charge in [0, 0.05) is 18.7 Å². The van der Waals surface area contributed by atoms with Gasteiger partial charge in [-0.2, -0.15) is 0 Å². The normalized spacial score (nSPS) is 12.1. The highest BCUT2D eigenvalue weighted by molar-refractivity contribution is 5.45. The van der Waals surface area contributed by atoms with Crippen LogP contribution in [-0.2, 0) is 0 Å². The average Bonchev–Trinajstić information content (AvgIpc) is 2.58. The fourth-order valence-corrected chi connectivity index (χ4v) is 2.62. The lowest BCUT2D eigenvalue weighted by Crippen LogP contribution is -2.31. The number of likely N-dealkylation sites (N-methyl/N-ethyl adjacent to an activating group) is 1. The molecule has 0 bridgehead atoms. The Morgan fingerprint density at radius 3 is 2.67 bits per heavy atom. The predicted octanol–water partition coefficient (Wildman–Crippen LogP) is 3.76. The minimum absolute atomic E-state index is 0.0263. The van der Waals surface area contributed by atoms with Crippen LogP contribution in [-0.4, -0.2) is 34.6 Å². The second-order valence-corrected chi connectivity index (χ2v) is 5.47. The Bertz CT molecular complexity index is 690. The number of nitrogens with zero attached hydrogens (tertiary/aromatic N) is 2. The van der Waals surface area contributed by atoms with Gasteiger partial charge in [-0.05, 0) is 37.2 Å². The first kappa shape index (κ1) is 17.7. The number of rotatable bonds is 8. The van der Waals surface area contributed by atoms with Crippen molar-refractivity contribution in [1.82, 2.24) is 4.90 Å². The highest BCUT2D eigenvalue weighted by atomic mass is 16.6. The quantitative estimate of drug-likeness (QED) is 0.589. The second-order valence-electron chi connectivity index (χ2n) is 5.47. The smallest absolute Gasteiger partial charge is 0.310 e. The van der Waals surface area contributed by atoms with E-state index < -0.39 is 4.92 Å². The van der Waals surface area contributed by atoms with Gasteiger partial charge in [-0.15, -0.1) is 0 Å². The maximum absolute atomic E-state index is 11.0.